The minimum absolute atomic E-state index is 0.0915. The van der Waals surface area contributed by atoms with Gasteiger partial charge in [0, 0.05) is 54.0 Å². The number of sulfone groups is 2. The Morgan fingerprint density at radius 3 is 1.44 bits per heavy atom. The molecule has 190 valence electrons. The lowest BCUT2D eigenvalue weighted by Crippen LogP contribution is -2.44. The molecule has 12 nitrogen and oxygen atoms in total. The molecule has 0 spiro atoms. The zero-order chi connectivity index (χ0) is 26.8. The second-order valence-electron chi connectivity index (χ2n) is 8.39. The van der Waals surface area contributed by atoms with Gasteiger partial charge in [-0.05, 0) is 35.2 Å². The van der Waals surface area contributed by atoms with Gasteiger partial charge in [0.05, 0.1) is 0 Å². The SMILES string of the molecule is CC(C)[C@H](NC(=O)c1cc(-c2cnc(S(C)(=O)=O)nc2)cc(-c2cnc(S(C)(=O)=O)nc2)c1)C(=O)O. The maximum Gasteiger partial charge on any atom is 0.326 e. The van der Waals surface area contributed by atoms with Gasteiger partial charge < -0.3 is 10.4 Å². The lowest BCUT2D eigenvalue weighted by molar-refractivity contribution is -0.140. The second-order valence-corrected chi connectivity index (χ2v) is 12.2. The summed E-state index contributed by atoms with van der Waals surface area (Å²) in [6.45, 7) is 3.31. The fourth-order valence-corrected chi connectivity index (χ4v) is 4.12. The van der Waals surface area contributed by atoms with Crippen LogP contribution in [0.3, 0.4) is 0 Å². The Bertz CT molecular complexity index is 1430. The van der Waals surface area contributed by atoms with Gasteiger partial charge in [0.15, 0.2) is 0 Å². The number of aromatic nitrogens is 4. The van der Waals surface area contributed by atoms with Crippen LogP contribution in [-0.4, -0.2) is 72.3 Å². The molecule has 14 heteroatoms. The van der Waals surface area contributed by atoms with Gasteiger partial charge in [-0.2, -0.15) is 0 Å². The van der Waals surface area contributed by atoms with Crippen molar-refractivity contribution in [1.29, 1.82) is 0 Å². The average molecular weight is 534 g/mol. The molecular formula is C22H23N5O7S2. The molecule has 0 saturated carbocycles. The van der Waals surface area contributed by atoms with Crippen LogP contribution in [0.5, 0.6) is 0 Å². The summed E-state index contributed by atoms with van der Waals surface area (Å²) < 4.78 is 46.8. The zero-order valence-corrected chi connectivity index (χ0v) is 21.3. The molecule has 0 radical (unpaired) electrons. The van der Waals surface area contributed by atoms with Gasteiger partial charge in [-0.3, -0.25) is 4.79 Å². The van der Waals surface area contributed by atoms with Crippen molar-refractivity contribution >= 4 is 31.6 Å². The predicted octanol–water partition coefficient (Wildman–Crippen LogP) is 1.25. The van der Waals surface area contributed by atoms with Crippen molar-refractivity contribution in [3.8, 4) is 22.3 Å². The van der Waals surface area contributed by atoms with E-state index < -0.39 is 37.6 Å². The molecule has 0 unspecified atom stereocenters. The number of carboxylic acids is 1. The molecule has 2 aromatic heterocycles. The van der Waals surface area contributed by atoms with E-state index in [9.17, 15) is 31.5 Å². The zero-order valence-electron chi connectivity index (χ0n) is 19.7. The molecular weight excluding hydrogens is 510 g/mol. The number of aliphatic carboxylic acids is 1. The molecule has 1 atom stereocenters. The van der Waals surface area contributed by atoms with Crippen molar-refractivity contribution in [1.82, 2.24) is 25.3 Å². The fraction of sp³-hybridized carbons (Fsp3) is 0.273. The van der Waals surface area contributed by atoms with E-state index in [0.29, 0.717) is 22.3 Å². The van der Waals surface area contributed by atoms with Crippen molar-refractivity contribution < 1.29 is 31.5 Å². The molecule has 0 aliphatic carbocycles. The first-order chi connectivity index (χ1) is 16.7. The lowest BCUT2D eigenvalue weighted by atomic mass is 9.97. The molecule has 2 N–H and O–H groups in total. The van der Waals surface area contributed by atoms with E-state index in [1.807, 2.05) is 0 Å². The largest absolute Gasteiger partial charge is 0.480 e. The molecule has 0 fully saturated rings. The summed E-state index contributed by atoms with van der Waals surface area (Å²) in [5.74, 6) is -2.24. The molecule has 3 rings (SSSR count). The van der Waals surface area contributed by atoms with Crippen LogP contribution < -0.4 is 5.32 Å². The minimum atomic E-state index is -3.63. The van der Waals surface area contributed by atoms with E-state index >= 15 is 0 Å². The number of rotatable bonds is 8. The number of hydrogen-bond donors (Lipinski definition) is 2. The van der Waals surface area contributed by atoms with Crippen molar-refractivity contribution in [2.45, 2.75) is 30.2 Å². The molecule has 1 aromatic carbocycles. The monoisotopic (exact) mass is 533 g/mol. The summed E-state index contributed by atoms with van der Waals surface area (Å²) >= 11 is 0. The number of amides is 1. The van der Waals surface area contributed by atoms with Gasteiger partial charge in [0.25, 0.3) is 5.91 Å². The quantitative estimate of drug-likeness (QED) is 0.397. The Labute approximate surface area is 207 Å². The third-order valence-electron chi connectivity index (χ3n) is 5.00. The van der Waals surface area contributed by atoms with Crippen LogP contribution in [0.2, 0.25) is 0 Å². The number of nitrogens with one attached hydrogen (secondary N) is 1. The fourth-order valence-electron chi connectivity index (χ4n) is 3.14. The number of hydrogen-bond acceptors (Lipinski definition) is 10. The predicted molar refractivity (Wildman–Crippen MR) is 128 cm³/mol. The Hall–Kier alpha value is -3.78. The van der Waals surface area contributed by atoms with Gasteiger partial charge in [0.1, 0.15) is 6.04 Å². The van der Waals surface area contributed by atoms with Gasteiger partial charge >= 0.3 is 5.97 Å². The maximum atomic E-state index is 13.0. The van der Waals surface area contributed by atoms with Crippen LogP contribution in [0.4, 0.5) is 0 Å². The second kappa shape index (κ2) is 10.1. The highest BCUT2D eigenvalue weighted by Gasteiger charge is 2.24. The number of carboxylic acid groups (broad SMARTS) is 1. The maximum absolute atomic E-state index is 13.0. The first kappa shape index (κ1) is 26.8. The van der Waals surface area contributed by atoms with Crippen LogP contribution in [-0.2, 0) is 24.5 Å². The number of carbonyl (C=O) groups excluding carboxylic acids is 1. The summed E-state index contributed by atoms with van der Waals surface area (Å²) in [6, 6.07) is 3.44. The van der Waals surface area contributed by atoms with E-state index in [2.05, 4.69) is 25.3 Å². The van der Waals surface area contributed by atoms with Crippen LogP contribution in [0, 0.1) is 5.92 Å². The molecule has 2 heterocycles. The van der Waals surface area contributed by atoms with Crippen LogP contribution in [0.1, 0.15) is 24.2 Å². The first-order valence-corrected chi connectivity index (χ1v) is 14.2. The van der Waals surface area contributed by atoms with Gasteiger partial charge in [-0.1, -0.05) is 13.8 Å². The Kier molecular flexibility index (Phi) is 7.50. The summed E-state index contributed by atoms with van der Waals surface area (Å²) in [7, 11) is -7.26. The average Bonchev–Trinajstić information content (AvgIpc) is 2.80. The number of nitrogens with zero attached hydrogens (tertiary/aromatic N) is 4. The first-order valence-electron chi connectivity index (χ1n) is 10.4. The molecule has 0 bridgehead atoms. The van der Waals surface area contributed by atoms with Crippen molar-refractivity contribution in [3.63, 3.8) is 0 Å². The van der Waals surface area contributed by atoms with Crippen LogP contribution in [0.25, 0.3) is 22.3 Å². The van der Waals surface area contributed by atoms with E-state index in [4.69, 9.17) is 0 Å². The van der Waals surface area contributed by atoms with E-state index in [1.165, 1.54) is 36.9 Å². The third-order valence-corrected chi connectivity index (χ3v) is 6.75. The van der Waals surface area contributed by atoms with Crippen molar-refractivity contribution in [2.24, 2.45) is 5.92 Å². The summed E-state index contributed by atoms with van der Waals surface area (Å²) in [5, 5.41) is 11.2. The molecule has 0 saturated heterocycles. The van der Waals surface area contributed by atoms with Crippen molar-refractivity contribution in [2.75, 3.05) is 12.5 Å². The van der Waals surface area contributed by atoms with E-state index in [1.54, 1.807) is 19.9 Å². The Morgan fingerprint density at radius 1 is 0.750 bits per heavy atom. The smallest absolute Gasteiger partial charge is 0.326 e. The summed E-state index contributed by atoms with van der Waals surface area (Å²) in [5.41, 5.74) is 1.69. The highest BCUT2D eigenvalue weighted by Crippen LogP contribution is 2.28. The van der Waals surface area contributed by atoms with Gasteiger partial charge in [0.2, 0.25) is 30.0 Å². The summed E-state index contributed by atoms with van der Waals surface area (Å²) in [4.78, 5) is 40.0. The van der Waals surface area contributed by atoms with Crippen LogP contribution in [0.15, 0.2) is 53.3 Å². The third kappa shape index (κ3) is 6.26. The number of carbonyl (C=O) groups is 2. The number of benzene rings is 1. The van der Waals surface area contributed by atoms with E-state index in [-0.39, 0.29) is 21.8 Å². The Morgan fingerprint density at radius 2 is 1.14 bits per heavy atom. The van der Waals surface area contributed by atoms with Gasteiger partial charge in [-0.25, -0.2) is 41.6 Å². The minimum Gasteiger partial charge on any atom is -0.480 e. The standard InChI is InChI=1S/C22H23N5O7S2/c1-12(2)18(20(29)30)27-19(28)15-6-13(16-8-23-21(24-9-16)35(3,31)32)5-14(7-15)17-10-25-22(26-11-17)36(4,33)34/h5-12,18H,1-4H3,(H,27,28)(H,29,30)/t18-/m0/s1. The molecule has 3 aromatic rings. The molecule has 0 aliphatic rings. The normalized spacial score (nSPS) is 12.8. The molecule has 0 aliphatic heterocycles. The topological polar surface area (TPSA) is 186 Å². The lowest BCUT2D eigenvalue weighted by Gasteiger charge is -2.18. The molecule has 36 heavy (non-hydrogen) atoms. The van der Waals surface area contributed by atoms with E-state index in [0.717, 1.165) is 12.5 Å². The summed E-state index contributed by atoms with van der Waals surface area (Å²) in [6.07, 6.45) is 7.06. The Balaban J connectivity index is 2.12. The highest BCUT2D eigenvalue weighted by atomic mass is 32.2. The van der Waals surface area contributed by atoms with Crippen molar-refractivity contribution in [3.05, 3.63) is 48.5 Å². The van der Waals surface area contributed by atoms with Gasteiger partial charge in [-0.15, -0.1) is 0 Å². The van der Waals surface area contributed by atoms with Crippen LogP contribution >= 0.6 is 0 Å². The highest BCUT2D eigenvalue weighted by molar-refractivity contribution is 7.90. The molecule has 1 amide bonds.